The van der Waals surface area contributed by atoms with Gasteiger partial charge in [0.25, 0.3) is 5.91 Å². The molecule has 0 saturated carbocycles. The molecule has 3 rings (SSSR count). The van der Waals surface area contributed by atoms with E-state index in [2.05, 4.69) is 0 Å². The number of hydrogen-bond donors (Lipinski definition) is 2. The number of carboxylic acids is 1. The Hall–Kier alpha value is -2.59. The second kappa shape index (κ2) is 7.97. The first-order chi connectivity index (χ1) is 12.9. The zero-order valence-corrected chi connectivity index (χ0v) is 15.1. The third-order valence-corrected chi connectivity index (χ3v) is 4.74. The van der Waals surface area contributed by atoms with Crippen molar-refractivity contribution >= 4 is 11.9 Å². The van der Waals surface area contributed by atoms with Gasteiger partial charge in [-0.05, 0) is 19.3 Å². The number of aromatic nitrogens is 1. The Morgan fingerprint density at radius 3 is 2.81 bits per heavy atom. The number of pyridine rings is 1. The van der Waals surface area contributed by atoms with Crippen LogP contribution in [0.25, 0.3) is 0 Å². The lowest BCUT2D eigenvalue weighted by molar-refractivity contribution is 0.0454. The van der Waals surface area contributed by atoms with E-state index in [9.17, 15) is 24.6 Å². The van der Waals surface area contributed by atoms with E-state index in [1.165, 1.54) is 9.58 Å². The molecule has 3 heterocycles. The number of aromatic hydroxyl groups is 1. The van der Waals surface area contributed by atoms with E-state index in [0.717, 1.165) is 19.0 Å². The molecular weight excluding hydrogens is 358 g/mol. The molecule has 10 heteroatoms. The second-order valence-corrected chi connectivity index (χ2v) is 6.60. The number of ether oxygens (including phenoxy) is 2. The van der Waals surface area contributed by atoms with Gasteiger partial charge in [0.05, 0.1) is 6.10 Å². The maximum atomic E-state index is 12.9. The molecule has 0 spiro atoms. The van der Waals surface area contributed by atoms with Crippen molar-refractivity contribution in [2.45, 2.75) is 25.4 Å². The van der Waals surface area contributed by atoms with Crippen molar-refractivity contribution in [1.82, 2.24) is 9.58 Å². The van der Waals surface area contributed by atoms with Gasteiger partial charge in [0.2, 0.25) is 5.43 Å². The zero-order valence-electron chi connectivity index (χ0n) is 15.1. The van der Waals surface area contributed by atoms with Crippen molar-refractivity contribution in [3.8, 4) is 5.75 Å². The fourth-order valence-electron chi connectivity index (χ4n) is 3.39. The number of fused-ring (bicyclic) bond motifs is 1. The summed E-state index contributed by atoms with van der Waals surface area (Å²) in [5, 5.41) is 21.2. The predicted molar refractivity (Wildman–Crippen MR) is 93.8 cm³/mol. The lowest BCUT2D eigenvalue weighted by atomic mass is 10.1. The van der Waals surface area contributed by atoms with Gasteiger partial charge in [-0.3, -0.25) is 19.3 Å². The molecule has 1 aromatic heterocycles. The molecule has 2 aliphatic heterocycles. The van der Waals surface area contributed by atoms with E-state index in [1.54, 1.807) is 12.1 Å². The van der Waals surface area contributed by atoms with Gasteiger partial charge >= 0.3 is 5.97 Å². The summed E-state index contributed by atoms with van der Waals surface area (Å²) in [5.74, 6) is -2.84. The van der Waals surface area contributed by atoms with Crippen LogP contribution in [-0.4, -0.2) is 77.9 Å². The Morgan fingerprint density at radius 1 is 1.41 bits per heavy atom. The SMILES string of the molecule is COCCCN1CN(C[C@H]2CCCO2)C(=O)c2c(O)c(=O)c(C(=O)O)cn21. The van der Waals surface area contributed by atoms with Crippen LogP contribution in [0, 0.1) is 0 Å². The maximum Gasteiger partial charge on any atom is 0.341 e. The van der Waals surface area contributed by atoms with Crippen LogP contribution < -0.4 is 10.4 Å². The summed E-state index contributed by atoms with van der Waals surface area (Å²) in [6.45, 7) is 2.10. The fraction of sp³-hybridized carbons (Fsp3) is 0.588. The number of nitrogens with zero attached hydrogens (tertiary/aromatic N) is 3. The highest BCUT2D eigenvalue weighted by Crippen LogP contribution is 2.23. The molecule has 0 unspecified atom stereocenters. The van der Waals surface area contributed by atoms with Gasteiger partial charge in [0, 0.05) is 39.6 Å². The molecule has 1 saturated heterocycles. The molecule has 0 aromatic carbocycles. The van der Waals surface area contributed by atoms with Crippen LogP contribution in [-0.2, 0) is 9.47 Å². The average molecular weight is 381 g/mol. The average Bonchev–Trinajstić information content (AvgIpc) is 3.14. The van der Waals surface area contributed by atoms with Crippen LogP contribution in [0.15, 0.2) is 11.0 Å². The lowest BCUT2D eigenvalue weighted by Crippen LogP contribution is -2.56. The Bertz CT molecular complexity index is 785. The molecule has 0 aliphatic carbocycles. The molecule has 0 radical (unpaired) electrons. The first-order valence-electron chi connectivity index (χ1n) is 8.81. The molecule has 148 valence electrons. The number of carbonyl (C=O) groups is 2. The first kappa shape index (κ1) is 19.2. The fourth-order valence-corrected chi connectivity index (χ4v) is 3.39. The Labute approximate surface area is 155 Å². The molecule has 2 N–H and O–H groups in total. The Balaban J connectivity index is 1.99. The van der Waals surface area contributed by atoms with Crippen molar-refractivity contribution in [2.24, 2.45) is 0 Å². The number of carboxylic acid groups (broad SMARTS) is 1. The predicted octanol–water partition coefficient (Wildman–Crippen LogP) is -0.181. The van der Waals surface area contributed by atoms with Crippen LogP contribution in [0.5, 0.6) is 5.75 Å². The van der Waals surface area contributed by atoms with E-state index in [0.29, 0.717) is 32.7 Å². The van der Waals surface area contributed by atoms with Crippen LogP contribution in [0.4, 0.5) is 0 Å². The molecule has 10 nitrogen and oxygen atoms in total. The van der Waals surface area contributed by atoms with Gasteiger partial charge in [-0.1, -0.05) is 0 Å². The number of carbonyl (C=O) groups excluding carboxylic acids is 1. The van der Waals surface area contributed by atoms with E-state index in [1.807, 2.05) is 0 Å². The number of hydrogen-bond acceptors (Lipinski definition) is 7. The van der Waals surface area contributed by atoms with E-state index < -0.39 is 28.6 Å². The summed E-state index contributed by atoms with van der Waals surface area (Å²) in [6, 6.07) is 0. The van der Waals surface area contributed by atoms with Crippen LogP contribution in [0.3, 0.4) is 0 Å². The zero-order chi connectivity index (χ0) is 19.6. The smallest absolute Gasteiger partial charge is 0.341 e. The summed E-state index contributed by atoms with van der Waals surface area (Å²) >= 11 is 0. The molecular formula is C17H23N3O7. The lowest BCUT2D eigenvalue weighted by Gasteiger charge is -2.40. The minimum atomic E-state index is -1.46. The van der Waals surface area contributed by atoms with E-state index in [-0.39, 0.29) is 18.5 Å². The van der Waals surface area contributed by atoms with Gasteiger partial charge in [-0.25, -0.2) is 4.79 Å². The first-order valence-corrected chi connectivity index (χ1v) is 8.81. The standard InChI is InChI=1S/C17H23N3O7/c1-26-6-3-5-19-10-18(8-11-4-2-7-27-11)16(23)13-15(22)14(21)12(17(24)25)9-20(13)19/h9,11,22H,2-8,10H2,1H3,(H,24,25)/t11-/m1/s1. The summed E-state index contributed by atoms with van der Waals surface area (Å²) in [7, 11) is 1.57. The highest BCUT2D eigenvalue weighted by Gasteiger charge is 2.35. The number of methoxy groups -OCH3 is 1. The van der Waals surface area contributed by atoms with Crippen molar-refractivity contribution in [3.05, 3.63) is 27.7 Å². The summed E-state index contributed by atoms with van der Waals surface area (Å²) in [6.07, 6.45) is 3.38. The topological polar surface area (TPSA) is 122 Å². The van der Waals surface area contributed by atoms with Crippen molar-refractivity contribution in [3.63, 3.8) is 0 Å². The molecule has 2 aliphatic rings. The monoisotopic (exact) mass is 381 g/mol. The number of amides is 1. The Kier molecular flexibility index (Phi) is 5.66. The highest BCUT2D eigenvalue weighted by atomic mass is 16.5. The molecule has 27 heavy (non-hydrogen) atoms. The largest absolute Gasteiger partial charge is 0.502 e. The van der Waals surface area contributed by atoms with Crippen molar-refractivity contribution in [1.29, 1.82) is 0 Å². The highest BCUT2D eigenvalue weighted by molar-refractivity contribution is 5.97. The summed E-state index contributed by atoms with van der Waals surface area (Å²) in [4.78, 5) is 37.9. The van der Waals surface area contributed by atoms with Crippen LogP contribution >= 0.6 is 0 Å². The van der Waals surface area contributed by atoms with Gasteiger partial charge < -0.3 is 24.6 Å². The van der Waals surface area contributed by atoms with Crippen molar-refractivity contribution < 1.29 is 29.3 Å². The summed E-state index contributed by atoms with van der Waals surface area (Å²) < 4.78 is 11.9. The minimum Gasteiger partial charge on any atom is -0.502 e. The molecule has 0 bridgehead atoms. The molecule has 1 fully saturated rings. The van der Waals surface area contributed by atoms with Crippen LogP contribution in [0.2, 0.25) is 0 Å². The van der Waals surface area contributed by atoms with Crippen LogP contribution in [0.1, 0.15) is 40.1 Å². The summed E-state index contributed by atoms with van der Waals surface area (Å²) in [5.41, 5.74) is -1.89. The third-order valence-electron chi connectivity index (χ3n) is 4.74. The normalized spacial score (nSPS) is 19.4. The van der Waals surface area contributed by atoms with Gasteiger partial charge in [-0.2, -0.15) is 0 Å². The van der Waals surface area contributed by atoms with Gasteiger partial charge in [0.1, 0.15) is 12.2 Å². The third kappa shape index (κ3) is 3.76. The minimum absolute atomic E-state index is 0.0894. The van der Waals surface area contributed by atoms with E-state index in [4.69, 9.17) is 9.47 Å². The Morgan fingerprint density at radius 2 is 2.19 bits per heavy atom. The van der Waals surface area contributed by atoms with Gasteiger partial charge in [0.15, 0.2) is 11.4 Å². The number of rotatable bonds is 7. The molecule has 1 amide bonds. The second-order valence-electron chi connectivity index (χ2n) is 6.60. The van der Waals surface area contributed by atoms with E-state index >= 15 is 0 Å². The maximum absolute atomic E-state index is 12.9. The molecule has 1 atom stereocenters. The quantitative estimate of drug-likeness (QED) is 0.624. The van der Waals surface area contributed by atoms with Gasteiger partial charge in [-0.15, -0.1) is 0 Å². The van der Waals surface area contributed by atoms with Crippen molar-refractivity contribution in [2.75, 3.05) is 45.1 Å². The number of aromatic carboxylic acids is 1. The molecule has 1 aromatic rings.